The molecule has 1 aliphatic rings. The first-order valence-corrected chi connectivity index (χ1v) is 6.84. The number of alkyl halides is 3. The highest BCUT2D eigenvalue weighted by Crippen LogP contribution is 2.38. The van der Waals surface area contributed by atoms with Crippen molar-refractivity contribution < 1.29 is 23.0 Å². The molecule has 1 unspecified atom stereocenters. The average Bonchev–Trinajstić information content (AvgIpc) is 2.36. The maximum atomic E-state index is 12.2. The molecule has 112 valence electrons. The van der Waals surface area contributed by atoms with E-state index < -0.39 is 18.2 Å². The zero-order chi connectivity index (χ0) is 14.8. The van der Waals surface area contributed by atoms with E-state index >= 15 is 0 Å². The smallest absolute Gasteiger partial charge is 0.389 e. The maximum absolute atomic E-state index is 12.2. The number of hydrogen-bond acceptors (Lipinski definition) is 2. The lowest BCUT2D eigenvalue weighted by molar-refractivity contribution is -0.137. The molecule has 1 heterocycles. The van der Waals surface area contributed by atoms with Gasteiger partial charge in [0, 0.05) is 12.0 Å². The van der Waals surface area contributed by atoms with E-state index in [9.17, 15) is 18.3 Å². The second-order valence-electron chi connectivity index (χ2n) is 5.49. The quantitative estimate of drug-likeness (QED) is 0.909. The van der Waals surface area contributed by atoms with Crippen LogP contribution in [0.25, 0.3) is 0 Å². The van der Waals surface area contributed by atoms with Crippen molar-refractivity contribution in [1.29, 1.82) is 0 Å². The van der Waals surface area contributed by atoms with E-state index in [1.807, 2.05) is 12.1 Å². The molecule has 1 aromatic carbocycles. The Kier molecular flexibility index (Phi) is 4.28. The molecular formula is C15H19F3O2. The topological polar surface area (TPSA) is 29.5 Å². The fourth-order valence-electron chi connectivity index (χ4n) is 2.58. The lowest BCUT2D eigenvalue weighted by Crippen LogP contribution is -2.25. The summed E-state index contributed by atoms with van der Waals surface area (Å²) in [5, 5.41) is 10.5. The zero-order valence-corrected chi connectivity index (χ0v) is 11.5. The van der Waals surface area contributed by atoms with Gasteiger partial charge in [0.05, 0.1) is 12.2 Å². The average molecular weight is 288 g/mol. The highest BCUT2D eigenvalue weighted by molar-refractivity contribution is 5.45. The highest BCUT2D eigenvalue weighted by Gasteiger charge is 2.32. The van der Waals surface area contributed by atoms with Gasteiger partial charge in [0.1, 0.15) is 5.75 Å². The Morgan fingerprint density at radius 3 is 2.70 bits per heavy atom. The molecule has 0 saturated carbocycles. The van der Waals surface area contributed by atoms with Gasteiger partial charge in [-0.25, -0.2) is 0 Å². The van der Waals surface area contributed by atoms with Crippen molar-refractivity contribution in [3.63, 3.8) is 0 Å². The predicted molar refractivity (Wildman–Crippen MR) is 69.7 cm³/mol. The summed E-state index contributed by atoms with van der Waals surface area (Å²) in [5.74, 6) is 0.649. The molecule has 20 heavy (non-hydrogen) atoms. The Hall–Kier alpha value is -1.23. The third-order valence-corrected chi connectivity index (χ3v) is 3.64. The molecule has 0 aromatic heterocycles. The largest absolute Gasteiger partial charge is 0.493 e. The molecule has 0 amide bonds. The minimum absolute atomic E-state index is 0.0618. The number of para-hydroxylation sites is 1. The molecule has 0 bridgehead atoms. The number of aryl methyl sites for hydroxylation is 1. The molecule has 2 rings (SSSR count). The summed E-state index contributed by atoms with van der Waals surface area (Å²) in [7, 11) is 0. The summed E-state index contributed by atoms with van der Waals surface area (Å²) in [6.45, 7) is 2.14. The summed E-state index contributed by atoms with van der Waals surface area (Å²) in [6.07, 6.45) is -3.29. The van der Waals surface area contributed by atoms with Crippen molar-refractivity contribution in [3.05, 3.63) is 29.3 Å². The minimum atomic E-state index is -4.18. The molecule has 1 atom stereocenters. The zero-order valence-electron chi connectivity index (χ0n) is 11.5. The standard InChI is InChI=1S/C15H19F3O2/c1-14(19,8-4-9-15(16,17)18)12-7-2-5-11-6-3-10-20-13(11)12/h2,5,7,19H,3-4,6,8-10H2,1H3. The fraction of sp³-hybridized carbons (Fsp3) is 0.600. The van der Waals surface area contributed by atoms with Crippen LogP contribution in [-0.2, 0) is 12.0 Å². The minimum Gasteiger partial charge on any atom is -0.493 e. The van der Waals surface area contributed by atoms with Gasteiger partial charge >= 0.3 is 6.18 Å². The van der Waals surface area contributed by atoms with E-state index in [4.69, 9.17) is 4.74 Å². The van der Waals surface area contributed by atoms with Crippen molar-refractivity contribution in [3.8, 4) is 5.75 Å². The fourth-order valence-corrected chi connectivity index (χ4v) is 2.58. The van der Waals surface area contributed by atoms with Crippen LogP contribution >= 0.6 is 0 Å². The molecule has 0 spiro atoms. The third-order valence-electron chi connectivity index (χ3n) is 3.64. The van der Waals surface area contributed by atoms with Gasteiger partial charge in [0.25, 0.3) is 0 Å². The molecule has 0 radical (unpaired) electrons. The van der Waals surface area contributed by atoms with Crippen molar-refractivity contribution in [2.24, 2.45) is 0 Å². The van der Waals surface area contributed by atoms with Crippen LogP contribution in [0.4, 0.5) is 13.2 Å². The summed E-state index contributed by atoms with van der Waals surface area (Å²) < 4.78 is 42.2. The van der Waals surface area contributed by atoms with Gasteiger partial charge in [0.2, 0.25) is 0 Å². The van der Waals surface area contributed by atoms with Crippen LogP contribution < -0.4 is 4.74 Å². The highest BCUT2D eigenvalue weighted by atomic mass is 19.4. The van der Waals surface area contributed by atoms with E-state index in [-0.39, 0.29) is 12.8 Å². The molecule has 1 aromatic rings. The van der Waals surface area contributed by atoms with Gasteiger partial charge < -0.3 is 9.84 Å². The normalized spacial score (nSPS) is 18.1. The van der Waals surface area contributed by atoms with Gasteiger partial charge in [-0.15, -0.1) is 0 Å². The summed E-state index contributed by atoms with van der Waals surface area (Å²) in [5.41, 5.74) is 0.315. The van der Waals surface area contributed by atoms with E-state index in [1.165, 1.54) is 0 Å². The van der Waals surface area contributed by atoms with Crippen LogP contribution in [0.2, 0.25) is 0 Å². The molecule has 1 N–H and O–H groups in total. The van der Waals surface area contributed by atoms with Crippen LogP contribution in [0, 0.1) is 0 Å². The van der Waals surface area contributed by atoms with E-state index in [2.05, 4.69) is 0 Å². The summed E-state index contributed by atoms with van der Waals surface area (Å²) >= 11 is 0. The molecule has 5 heteroatoms. The molecular weight excluding hydrogens is 269 g/mol. The number of aliphatic hydroxyl groups is 1. The number of fused-ring (bicyclic) bond motifs is 1. The van der Waals surface area contributed by atoms with Crippen molar-refractivity contribution in [2.75, 3.05) is 6.61 Å². The third kappa shape index (κ3) is 3.66. The molecule has 1 aliphatic heterocycles. The number of benzene rings is 1. The Balaban J connectivity index is 2.13. The van der Waals surface area contributed by atoms with Gasteiger partial charge in [-0.2, -0.15) is 13.2 Å². The van der Waals surface area contributed by atoms with Crippen LogP contribution in [-0.4, -0.2) is 17.9 Å². The van der Waals surface area contributed by atoms with E-state index in [1.54, 1.807) is 13.0 Å². The lowest BCUT2D eigenvalue weighted by atomic mass is 9.87. The summed E-state index contributed by atoms with van der Waals surface area (Å²) in [6, 6.07) is 5.49. The van der Waals surface area contributed by atoms with Crippen LogP contribution in [0.3, 0.4) is 0 Å². The Bertz CT molecular complexity index is 467. The van der Waals surface area contributed by atoms with Gasteiger partial charge in [0.15, 0.2) is 0 Å². The Labute approximate surface area is 116 Å². The van der Waals surface area contributed by atoms with Gasteiger partial charge in [-0.1, -0.05) is 18.2 Å². The van der Waals surface area contributed by atoms with Gasteiger partial charge in [-0.05, 0) is 38.2 Å². The number of hydrogen-bond donors (Lipinski definition) is 1. The number of ether oxygens (including phenoxy) is 1. The van der Waals surface area contributed by atoms with Crippen LogP contribution in [0.1, 0.15) is 43.7 Å². The number of halogens is 3. The molecule has 2 nitrogen and oxygen atoms in total. The Morgan fingerprint density at radius 1 is 1.25 bits per heavy atom. The SMILES string of the molecule is CC(O)(CCCC(F)(F)F)c1cccc2c1OCCC2. The van der Waals surface area contributed by atoms with E-state index in [0.717, 1.165) is 18.4 Å². The first kappa shape index (κ1) is 15.2. The molecule has 0 saturated heterocycles. The van der Waals surface area contributed by atoms with Crippen molar-refractivity contribution >= 4 is 0 Å². The van der Waals surface area contributed by atoms with Crippen molar-refractivity contribution in [1.82, 2.24) is 0 Å². The molecule has 0 aliphatic carbocycles. The predicted octanol–water partition coefficient (Wildman–Crippen LogP) is 3.95. The van der Waals surface area contributed by atoms with Crippen molar-refractivity contribution in [2.45, 2.75) is 50.8 Å². The molecule has 0 fully saturated rings. The second-order valence-corrected chi connectivity index (χ2v) is 5.49. The van der Waals surface area contributed by atoms with Gasteiger partial charge in [-0.3, -0.25) is 0 Å². The van der Waals surface area contributed by atoms with Crippen LogP contribution in [0.5, 0.6) is 5.75 Å². The second kappa shape index (κ2) is 5.64. The van der Waals surface area contributed by atoms with Crippen LogP contribution in [0.15, 0.2) is 18.2 Å². The Morgan fingerprint density at radius 2 is 2.00 bits per heavy atom. The first-order valence-electron chi connectivity index (χ1n) is 6.84. The summed E-state index contributed by atoms with van der Waals surface area (Å²) in [4.78, 5) is 0. The first-order chi connectivity index (χ1) is 9.30. The number of rotatable bonds is 4. The lowest BCUT2D eigenvalue weighted by Gasteiger charge is -2.29. The van der Waals surface area contributed by atoms with E-state index in [0.29, 0.717) is 17.9 Å². The monoisotopic (exact) mass is 288 g/mol. The maximum Gasteiger partial charge on any atom is 0.389 e.